The first-order chi connectivity index (χ1) is 13.2. The number of hydrogen-bond donors (Lipinski definition) is 0. The molecule has 0 N–H and O–H groups in total. The summed E-state index contributed by atoms with van der Waals surface area (Å²) in [5.74, 6) is -0.660. The van der Waals surface area contributed by atoms with Crippen molar-refractivity contribution in [2.45, 2.75) is 25.9 Å². The lowest BCUT2D eigenvalue weighted by molar-refractivity contribution is -0.0696. The van der Waals surface area contributed by atoms with Gasteiger partial charge in [-0.1, -0.05) is 31.4 Å². The van der Waals surface area contributed by atoms with Crippen molar-refractivity contribution >= 4 is 10.8 Å². The van der Waals surface area contributed by atoms with Gasteiger partial charge in [0.25, 0.3) is 0 Å². The molecule has 0 atom stereocenters. The molecule has 0 saturated carbocycles. The normalized spacial score (nSPS) is 11.4. The van der Waals surface area contributed by atoms with E-state index in [0.29, 0.717) is 12.0 Å². The number of alkyl halides is 3. The summed E-state index contributed by atoms with van der Waals surface area (Å²) in [6, 6.07) is 6.15. The molecule has 0 unspecified atom stereocenters. The Kier molecular flexibility index (Phi) is 5.32. The lowest BCUT2D eigenvalue weighted by Gasteiger charge is -2.08. The minimum atomic E-state index is -4.87. The zero-order valence-electron chi connectivity index (χ0n) is 14.6. The second-order valence-corrected chi connectivity index (χ2v) is 6.16. The molecule has 7 heteroatoms. The van der Waals surface area contributed by atoms with Gasteiger partial charge in [0.1, 0.15) is 23.1 Å². The fourth-order valence-corrected chi connectivity index (χ4v) is 2.84. The number of pyridine rings is 1. The minimum absolute atomic E-state index is 0.0171. The fourth-order valence-electron chi connectivity index (χ4n) is 2.84. The molecule has 144 valence electrons. The van der Waals surface area contributed by atoms with Crippen LogP contribution in [-0.2, 0) is 6.42 Å². The Balaban J connectivity index is 2.09. The summed E-state index contributed by atoms with van der Waals surface area (Å²) < 4.78 is 79.6. The van der Waals surface area contributed by atoms with Crippen LogP contribution in [0.1, 0.15) is 24.5 Å². The second-order valence-electron chi connectivity index (χ2n) is 6.16. The standard InChI is InChI=1S/C21H13F6N/c1-2-3-12-8-18(23)20(28-11-12)13-4-5-15-14(9-13)10-17(22)16(19(15)24)6-7-21(25,26)27/h4-5,8-11H,2-3H2,1H3. The topological polar surface area (TPSA) is 12.9 Å². The molecule has 0 bridgehead atoms. The third kappa shape index (κ3) is 4.11. The van der Waals surface area contributed by atoms with Crippen LogP contribution in [-0.4, -0.2) is 11.2 Å². The van der Waals surface area contributed by atoms with E-state index in [0.717, 1.165) is 24.0 Å². The summed E-state index contributed by atoms with van der Waals surface area (Å²) in [4.78, 5) is 4.08. The predicted molar refractivity (Wildman–Crippen MR) is 94.0 cm³/mol. The van der Waals surface area contributed by atoms with Crippen LogP contribution in [0.5, 0.6) is 0 Å². The van der Waals surface area contributed by atoms with Gasteiger partial charge in [-0.05, 0) is 35.6 Å². The first kappa shape index (κ1) is 19.7. The Hall–Kier alpha value is -3.01. The van der Waals surface area contributed by atoms with Crippen molar-refractivity contribution in [2.24, 2.45) is 0 Å². The maximum atomic E-state index is 14.5. The van der Waals surface area contributed by atoms with Gasteiger partial charge in [-0.25, -0.2) is 13.2 Å². The Labute approximate surface area is 157 Å². The van der Waals surface area contributed by atoms with Gasteiger partial charge >= 0.3 is 6.18 Å². The van der Waals surface area contributed by atoms with Gasteiger partial charge in [-0.3, -0.25) is 4.98 Å². The summed E-state index contributed by atoms with van der Waals surface area (Å²) in [7, 11) is 0. The van der Waals surface area contributed by atoms with Gasteiger partial charge in [0.05, 0.1) is 5.56 Å². The third-order valence-corrected chi connectivity index (χ3v) is 4.07. The van der Waals surface area contributed by atoms with Gasteiger partial charge in [0.2, 0.25) is 0 Å². The van der Waals surface area contributed by atoms with Gasteiger partial charge in [-0.15, -0.1) is 0 Å². The maximum absolute atomic E-state index is 14.5. The third-order valence-electron chi connectivity index (χ3n) is 4.07. The molecule has 3 aromatic rings. The first-order valence-electron chi connectivity index (χ1n) is 8.36. The van der Waals surface area contributed by atoms with E-state index in [4.69, 9.17) is 0 Å². The van der Waals surface area contributed by atoms with Crippen LogP contribution in [0.25, 0.3) is 22.0 Å². The molecule has 28 heavy (non-hydrogen) atoms. The van der Waals surface area contributed by atoms with E-state index in [2.05, 4.69) is 4.98 Å². The number of halogens is 6. The highest BCUT2D eigenvalue weighted by molar-refractivity contribution is 5.88. The summed E-state index contributed by atoms with van der Waals surface area (Å²) in [6.45, 7) is 1.95. The number of hydrogen-bond acceptors (Lipinski definition) is 1. The lowest BCUT2D eigenvalue weighted by Crippen LogP contribution is -2.02. The maximum Gasteiger partial charge on any atom is 0.458 e. The Morgan fingerprint density at radius 3 is 2.39 bits per heavy atom. The molecule has 2 aromatic carbocycles. The molecule has 0 amide bonds. The fraction of sp³-hybridized carbons (Fsp3) is 0.190. The molecule has 0 saturated heterocycles. The van der Waals surface area contributed by atoms with Gasteiger partial charge < -0.3 is 0 Å². The van der Waals surface area contributed by atoms with Crippen LogP contribution >= 0.6 is 0 Å². The molecule has 0 spiro atoms. The number of fused-ring (bicyclic) bond motifs is 1. The highest BCUT2D eigenvalue weighted by Crippen LogP contribution is 2.29. The number of aryl methyl sites for hydroxylation is 1. The van der Waals surface area contributed by atoms with Gasteiger partial charge in [0, 0.05) is 23.1 Å². The smallest absolute Gasteiger partial charge is 0.253 e. The quantitative estimate of drug-likeness (QED) is 0.382. The lowest BCUT2D eigenvalue weighted by atomic mass is 10.0. The van der Waals surface area contributed by atoms with Crippen molar-refractivity contribution in [3.05, 3.63) is 65.1 Å². The summed E-state index contributed by atoms with van der Waals surface area (Å²) >= 11 is 0. The molecule has 1 nitrogen and oxygen atoms in total. The van der Waals surface area contributed by atoms with Crippen molar-refractivity contribution in [1.29, 1.82) is 0 Å². The van der Waals surface area contributed by atoms with Crippen molar-refractivity contribution < 1.29 is 26.3 Å². The van der Waals surface area contributed by atoms with Gasteiger partial charge in [-0.2, -0.15) is 13.2 Å². The monoisotopic (exact) mass is 393 g/mol. The van der Waals surface area contributed by atoms with E-state index in [1.807, 2.05) is 6.92 Å². The molecular weight excluding hydrogens is 380 g/mol. The summed E-state index contributed by atoms with van der Waals surface area (Å²) in [6.07, 6.45) is -1.84. The molecule has 1 heterocycles. The molecule has 3 rings (SSSR count). The molecule has 0 aliphatic heterocycles. The number of rotatable bonds is 3. The zero-order chi connectivity index (χ0) is 20.5. The van der Waals surface area contributed by atoms with Crippen molar-refractivity contribution in [3.8, 4) is 23.1 Å². The van der Waals surface area contributed by atoms with Crippen molar-refractivity contribution in [1.82, 2.24) is 4.98 Å². The largest absolute Gasteiger partial charge is 0.458 e. The van der Waals surface area contributed by atoms with Crippen molar-refractivity contribution in [2.75, 3.05) is 0 Å². The molecule has 0 aliphatic rings. The molecule has 0 radical (unpaired) electrons. The highest BCUT2D eigenvalue weighted by atomic mass is 19.4. The van der Waals surface area contributed by atoms with Crippen LogP contribution < -0.4 is 0 Å². The first-order valence-corrected chi connectivity index (χ1v) is 8.36. The van der Waals surface area contributed by atoms with Crippen LogP contribution in [0.4, 0.5) is 26.3 Å². The second kappa shape index (κ2) is 7.55. The average Bonchev–Trinajstić information content (AvgIpc) is 2.60. The zero-order valence-corrected chi connectivity index (χ0v) is 14.6. The Bertz CT molecular complexity index is 1110. The van der Waals surface area contributed by atoms with Crippen LogP contribution in [0.3, 0.4) is 0 Å². The average molecular weight is 393 g/mol. The number of nitrogens with zero attached hydrogens (tertiary/aromatic N) is 1. The molecule has 0 fully saturated rings. The van der Waals surface area contributed by atoms with E-state index < -0.39 is 29.2 Å². The van der Waals surface area contributed by atoms with E-state index in [1.165, 1.54) is 36.4 Å². The van der Waals surface area contributed by atoms with E-state index in [-0.39, 0.29) is 16.5 Å². The summed E-state index contributed by atoms with van der Waals surface area (Å²) in [5, 5.41) is -0.0662. The van der Waals surface area contributed by atoms with E-state index in [1.54, 1.807) is 0 Å². The predicted octanol–water partition coefficient (Wildman–Crippen LogP) is 6.19. The van der Waals surface area contributed by atoms with E-state index in [9.17, 15) is 26.3 Å². The van der Waals surface area contributed by atoms with Gasteiger partial charge in [0.15, 0.2) is 0 Å². The molecule has 0 aliphatic carbocycles. The molecule has 1 aromatic heterocycles. The van der Waals surface area contributed by atoms with Crippen LogP contribution in [0.2, 0.25) is 0 Å². The van der Waals surface area contributed by atoms with Crippen LogP contribution in [0, 0.1) is 29.3 Å². The highest BCUT2D eigenvalue weighted by Gasteiger charge is 2.24. The SMILES string of the molecule is CCCc1cnc(-c2ccc3c(F)c(C#CC(F)(F)F)c(F)cc3c2)c(F)c1. The minimum Gasteiger partial charge on any atom is -0.253 e. The summed E-state index contributed by atoms with van der Waals surface area (Å²) in [5.41, 5.74) is 0.0739. The van der Waals surface area contributed by atoms with Crippen LogP contribution in [0.15, 0.2) is 36.5 Å². The van der Waals surface area contributed by atoms with E-state index >= 15 is 0 Å². The molecular formula is C21H13F6N. The Morgan fingerprint density at radius 2 is 1.75 bits per heavy atom. The number of aromatic nitrogens is 1. The van der Waals surface area contributed by atoms with Crippen molar-refractivity contribution in [3.63, 3.8) is 0 Å². The Morgan fingerprint density at radius 1 is 1.00 bits per heavy atom. The number of benzene rings is 2.